The van der Waals surface area contributed by atoms with Crippen LogP contribution in [-0.4, -0.2) is 41.7 Å². The molecule has 1 rings (SSSR count). The van der Waals surface area contributed by atoms with Crippen LogP contribution in [0.5, 0.6) is 0 Å². The van der Waals surface area contributed by atoms with Crippen LogP contribution < -0.4 is 5.73 Å². The van der Waals surface area contributed by atoms with Gasteiger partial charge in [-0.1, -0.05) is 20.8 Å². The van der Waals surface area contributed by atoms with Crippen molar-refractivity contribution in [1.82, 2.24) is 4.90 Å². The topological polar surface area (TPSA) is 66.6 Å². The first kappa shape index (κ1) is 15.4. The molecule has 1 aliphatic rings. The molecule has 1 heterocycles. The number of nitrogens with two attached hydrogens (primary N) is 1. The highest BCUT2D eigenvalue weighted by Crippen LogP contribution is 2.32. The first-order valence-corrected chi connectivity index (χ1v) is 7.00. The quantitative estimate of drug-likeness (QED) is 0.781. The monoisotopic (exact) mass is 256 g/mol. The number of hydrogen-bond donors (Lipinski definition) is 2. The summed E-state index contributed by atoms with van der Waals surface area (Å²) in [6, 6.07) is 0. The predicted octanol–water partition coefficient (Wildman–Crippen LogP) is 1.37. The number of nitrogens with zero attached hydrogens (tertiary/aromatic N) is 1. The third-order valence-electron chi connectivity index (χ3n) is 3.96. The Labute approximate surface area is 111 Å². The smallest absolute Gasteiger partial charge is 0.222 e. The van der Waals surface area contributed by atoms with Gasteiger partial charge in [-0.15, -0.1) is 0 Å². The van der Waals surface area contributed by atoms with E-state index in [0.29, 0.717) is 32.0 Å². The Balaban J connectivity index is 2.40. The van der Waals surface area contributed by atoms with Gasteiger partial charge < -0.3 is 15.7 Å². The van der Waals surface area contributed by atoms with Crippen molar-refractivity contribution >= 4 is 5.91 Å². The molecule has 1 saturated heterocycles. The fourth-order valence-corrected chi connectivity index (χ4v) is 2.64. The summed E-state index contributed by atoms with van der Waals surface area (Å²) in [4.78, 5) is 13.8. The molecule has 0 aromatic rings. The highest BCUT2D eigenvalue weighted by Gasteiger charge is 2.27. The molecule has 18 heavy (non-hydrogen) atoms. The van der Waals surface area contributed by atoms with Crippen LogP contribution in [0, 0.1) is 11.3 Å². The number of hydrogen-bond acceptors (Lipinski definition) is 3. The summed E-state index contributed by atoms with van der Waals surface area (Å²) in [5, 5.41) is 9.43. The van der Waals surface area contributed by atoms with E-state index >= 15 is 0 Å². The summed E-state index contributed by atoms with van der Waals surface area (Å²) >= 11 is 0. The van der Waals surface area contributed by atoms with E-state index in [2.05, 4.69) is 20.8 Å². The van der Waals surface area contributed by atoms with Gasteiger partial charge in [0, 0.05) is 19.5 Å². The number of aliphatic hydroxyl groups is 1. The fourth-order valence-electron chi connectivity index (χ4n) is 2.64. The molecular weight excluding hydrogens is 228 g/mol. The number of carbonyl (C=O) groups is 1. The fraction of sp³-hybridized carbons (Fsp3) is 0.929. The van der Waals surface area contributed by atoms with Crippen molar-refractivity contribution in [3.05, 3.63) is 0 Å². The third-order valence-corrected chi connectivity index (χ3v) is 3.96. The minimum atomic E-state index is -0.323. The minimum Gasteiger partial charge on any atom is -0.391 e. The largest absolute Gasteiger partial charge is 0.391 e. The highest BCUT2D eigenvalue weighted by molar-refractivity contribution is 5.76. The van der Waals surface area contributed by atoms with Gasteiger partial charge in [-0.25, -0.2) is 0 Å². The Morgan fingerprint density at radius 3 is 2.56 bits per heavy atom. The maximum Gasteiger partial charge on any atom is 0.222 e. The molecule has 2 atom stereocenters. The van der Waals surface area contributed by atoms with Crippen molar-refractivity contribution in [2.45, 2.75) is 52.6 Å². The molecule has 0 radical (unpaired) electrons. The maximum absolute atomic E-state index is 12.0. The molecule has 1 unspecified atom stereocenters. The predicted molar refractivity (Wildman–Crippen MR) is 73.1 cm³/mol. The molecule has 1 aliphatic heterocycles. The first-order chi connectivity index (χ1) is 8.34. The molecule has 1 amide bonds. The van der Waals surface area contributed by atoms with E-state index in [4.69, 9.17) is 5.73 Å². The van der Waals surface area contributed by atoms with Crippen molar-refractivity contribution in [2.75, 3.05) is 19.6 Å². The number of amides is 1. The van der Waals surface area contributed by atoms with Gasteiger partial charge in [0.1, 0.15) is 0 Å². The number of aliphatic hydroxyl groups excluding tert-OH is 1. The van der Waals surface area contributed by atoms with Crippen LogP contribution in [0.1, 0.15) is 46.5 Å². The van der Waals surface area contributed by atoms with Crippen LogP contribution in [0.2, 0.25) is 0 Å². The summed E-state index contributed by atoms with van der Waals surface area (Å²) in [5.41, 5.74) is 5.84. The molecule has 1 fully saturated rings. The Bertz CT molecular complexity index is 273. The summed E-state index contributed by atoms with van der Waals surface area (Å²) in [5.74, 6) is 0.664. The lowest BCUT2D eigenvalue weighted by molar-refractivity contribution is -0.131. The SMILES string of the molecule is CC(C)(C)C(CCN)CCC(=O)N1CC[C@H](O)C1. The molecule has 4 nitrogen and oxygen atoms in total. The molecule has 0 aliphatic carbocycles. The zero-order valence-electron chi connectivity index (χ0n) is 12.0. The van der Waals surface area contributed by atoms with Crippen molar-refractivity contribution in [3.8, 4) is 0 Å². The second-order valence-corrected chi connectivity index (χ2v) is 6.46. The maximum atomic E-state index is 12.0. The van der Waals surface area contributed by atoms with Crippen LogP contribution in [0.15, 0.2) is 0 Å². The molecular formula is C14H28N2O2. The van der Waals surface area contributed by atoms with E-state index in [1.807, 2.05) is 0 Å². The molecule has 0 saturated carbocycles. The lowest BCUT2D eigenvalue weighted by Crippen LogP contribution is -2.31. The van der Waals surface area contributed by atoms with Gasteiger partial charge in [0.15, 0.2) is 0 Å². The van der Waals surface area contributed by atoms with Crippen molar-refractivity contribution in [3.63, 3.8) is 0 Å². The number of carbonyl (C=O) groups excluding carboxylic acids is 1. The van der Waals surface area contributed by atoms with E-state index in [-0.39, 0.29) is 17.4 Å². The van der Waals surface area contributed by atoms with Gasteiger partial charge in [-0.2, -0.15) is 0 Å². The van der Waals surface area contributed by atoms with Crippen LogP contribution in [0.3, 0.4) is 0 Å². The number of rotatable bonds is 5. The van der Waals surface area contributed by atoms with Crippen molar-refractivity contribution in [1.29, 1.82) is 0 Å². The average Bonchev–Trinajstić information content (AvgIpc) is 2.69. The van der Waals surface area contributed by atoms with E-state index in [1.165, 1.54) is 0 Å². The van der Waals surface area contributed by atoms with E-state index in [9.17, 15) is 9.90 Å². The van der Waals surface area contributed by atoms with E-state index in [0.717, 1.165) is 19.3 Å². The Kier molecular flexibility index (Phi) is 5.60. The summed E-state index contributed by atoms with van der Waals surface area (Å²) in [6.07, 6.45) is 2.84. The number of likely N-dealkylation sites (tertiary alicyclic amines) is 1. The highest BCUT2D eigenvalue weighted by atomic mass is 16.3. The van der Waals surface area contributed by atoms with Gasteiger partial charge in [0.25, 0.3) is 0 Å². The van der Waals surface area contributed by atoms with Crippen LogP contribution >= 0.6 is 0 Å². The van der Waals surface area contributed by atoms with E-state index in [1.54, 1.807) is 4.90 Å². The second kappa shape index (κ2) is 6.53. The molecule has 0 aromatic carbocycles. The standard InChI is InChI=1S/C14H28N2O2/c1-14(2,3)11(6-8-15)4-5-13(18)16-9-7-12(17)10-16/h11-12,17H,4-10,15H2,1-3H3/t11?,12-/m0/s1. The van der Waals surface area contributed by atoms with Gasteiger partial charge >= 0.3 is 0 Å². The van der Waals surface area contributed by atoms with Gasteiger partial charge in [0.05, 0.1) is 6.10 Å². The molecule has 106 valence electrons. The van der Waals surface area contributed by atoms with Crippen LogP contribution in [-0.2, 0) is 4.79 Å². The third kappa shape index (κ3) is 4.58. The minimum absolute atomic E-state index is 0.179. The molecule has 3 N–H and O–H groups in total. The summed E-state index contributed by atoms with van der Waals surface area (Å²) < 4.78 is 0. The lowest BCUT2D eigenvalue weighted by Gasteiger charge is -2.31. The van der Waals surface area contributed by atoms with E-state index < -0.39 is 0 Å². The van der Waals surface area contributed by atoms with Gasteiger partial charge in [-0.3, -0.25) is 4.79 Å². The number of β-amino-alcohol motifs (C(OH)–C–C–N with tert-alkyl or cyclic N) is 1. The van der Waals surface area contributed by atoms with Crippen LogP contribution in [0.4, 0.5) is 0 Å². The zero-order chi connectivity index (χ0) is 13.8. The average molecular weight is 256 g/mol. The Morgan fingerprint density at radius 2 is 2.11 bits per heavy atom. The molecule has 0 bridgehead atoms. The Morgan fingerprint density at radius 1 is 1.44 bits per heavy atom. The normalized spacial score (nSPS) is 22.3. The van der Waals surface area contributed by atoms with Crippen molar-refractivity contribution in [2.24, 2.45) is 17.1 Å². The molecule has 0 aromatic heterocycles. The molecule has 4 heteroatoms. The van der Waals surface area contributed by atoms with Crippen molar-refractivity contribution < 1.29 is 9.90 Å². The molecule has 0 spiro atoms. The second-order valence-electron chi connectivity index (χ2n) is 6.46. The first-order valence-electron chi connectivity index (χ1n) is 7.00. The van der Waals surface area contributed by atoms with Gasteiger partial charge in [0.2, 0.25) is 5.91 Å². The van der Waals surface area contributed by atoms with Crippen LogP contribution in [0.25, 0.3) is 0 Å². The Hall–Kier alpha value is -0.610. The summed E-state index contributed by atoms with van der Waals surface area (Å²) in [7, 11) is 0. The lowest BCUT2D eigenvalue weighted by atomic mass is 9.76. The zero-order valence-corrected chi connectivity index (χ0v) is 12.0. The van der Waals surface area contributed by atoms with Gasteiger partial charge in [-0.05, 0) is 37.1 Å². The summed E-state index contributed by atoms with van der Waals surface area (Å²) in [6.45, 7) is 8.51.